The van der Waals surface area contributed by atoms with E-state index in [0.29, 0.717) is 15.8 Å². The molecule has 1 radical (unpaired) electrons. The largest absolute Gasteiger partial charge is 0.480 e. The molecule has 0 amide bonds. The van der Waals surface area contributed by atoms with Crippen LogP contribution >= 0.6 is 23.2 Å². The summed E-state index contributed by atoms with van der Waals surface area (Å²) in [5.41, 5.74) is 0. The summed E-state index contributed by atoms with van der Waals surface area (Å²) in [5.74, 6) is -0.737. The van der Waals surface area contributed by atoms with Gasteiger partial charge in [0.05, 0.1) is 5.02 Å². The molecule has 7 nitrogen and oxygen atoms in total. The molecule has 0 aliphatic heterocycles. The first-order valence-electron chi connectivity index (χ1n) is 4.09. The van der Waals surface area contributed by atoms with Gasteiger partial charge in [-0.3, -0.25) is 9.11 Å². The average molecular weight is 383 g/mol. The molecule has 0 saturated heterocycles. The molecule has 0 aromatic heterocycles. The molecule has 1 rings (SSSR count). The topological polar surface area (TPSA) is 121 Å². The van der Waals surface area contributed by atoms with Crippen LogP contribution in [0.25, 0.3) is 0 Å². The van der Waals surface area contributed by atoms with Gasteiger partial charge in [0.2, 0.25) is 0 Å². The van der Waals surface area contributed by atoms with Gasteiger partial charge in [0.1, 0.15) is 5.75 Å². The molecule has 0 spiro atoms. The Hall–Kier alpha value is -0.541. The predicted molar refractivity (Wildman–Crippen MR) is 63.8 cm³/mol. The van der Waals surface area contributed by atoms with Gasteiger partial charge >= 0.3 is 16.4 Å². The summed E-state index contributed by atoms with van der Waals surface area (Å²) >= 11 is 11.3. The van der Waals surface area contributed by atoms with Gasteiger partial charge in [-0.15, -0.1) is 0 Å². The molecule has 1 aromatic rings. The monoisotopic (exact) mass is 381 g/mol. The van der Waals surface area contributed by atoms with Crippen molar-refractivity contribution >= 4 is 39.6 Å². The zero-order chi connectivity index (χ0) is 14.3. The molecule has 3 N–H and O–H groups in total. The van der Waals surface area contributed by atoms with E-state index in [1.54, 1.807) is 6.07 Å². The van der Waals surface area contributed by atoms with Crippen molar-refractivity contribution in [1.82, 2.24) is 0 Å². The second-order valence-corrected chi connectivity index (χ2v) is 4.44. The molecule has 0 unspecified atom stereocenters. The van der Waals surface area contributed by atoms with Crippen LogP contribution in [0.1, 0.15) is 0 Å². The van der Waals surface area contributed by atoms with Gasteiger partial charge in [-0.25, -0.2) is 4.79 Å². The molecule has 1 aromatic carbocycles. The van der Waals surface area contributed by atoms with Crippen LogP contribution in [-0.2, 0) is 32.3 Å². The molecule has 0 heterocycles. The zero-order valence-electron chi connectivity index (χ0n) is 8.88. The molecular formula is C8H8Cl2CuO7S. The van der Waals surface area contributed by atoms with E-state index < -0.39 is 23.0 Å². The van der Waals surface area contributed by atoms with Crippen molar-refractivity contribution in [3.63, 3.8) is 0 Å². The Balaban J connectivity index is 0. The maximum atomic E-state index is 10.2. The summed E-state index contributed by atoms with van der Waals surface area (Å²) in [6.07, 6.45) is 0. The number of carboxylic acid groups (broad SMARTS) is 1. The van der Waals surface area contributed by atoms with Crippen LogP contribution in [-0.4, -0.2) is 35.2 Å². The summed E-state index contributed by atoms with van der Waals surface area (Å²) in [7, 11) is -4.67. The van der Waals surface area contributed by atoms with Crippen LogP contribution in [0.3, 0.4) is 0 Å². The van der Waals surface area contributed by atoms with E-state index in [9.17, 15) is 4.79 Å². The Morgan fingerprint density at radius 2 is 1.74 bits per heavy atom. The number of carbonyl (C=O) groups is 1. The number of ether oxygens (including phenoxy) is 1. The first-order valence-corrected chi connectivity index (χ1v) is 6.24. The van der Waals surface area contributed by atoms with Crippen molar-refractivity contribution in [2.75, 3.05) is 6.61 Å². The predicted octanol–water partition coefficient (Wildman–Crippen LogP) is 1.80. The Bertz CT molecular complexity index is 512. The first kappa shape index (κ1) is 20.8. The number of hydrogen-bond acceptors (Lipinski definition) is 4. The summed E-state index contributed by atoms with van der Waals surface area (Å²) < 4.78 is 36.4. The number of halogens is 2. The number of hydrogen-bond donors (Lipinski definition) is 3. The van der Waals surface area contributed by atoms with Gasteiger partial charge in [-0.2, -0.15) is 8.42 Å². The molecule has 0 atom stereocenters. The van der Waals surface area contributed by atoms with Crippen LogP contribution in [0.4, 0.5) is 0 Å². The van der Waals surface area contributed by atoms with Gasteiger partial charge in [-0.1, -0.05) is 23.2 Å². The minimum atomic E-state index is -4.67. The van der Waals surface area contributed by atoms with Crippen LogP contribution in [0.15, 0.2) is 18.2 Å². The fraction of sp³-hybridized carbons (Fsp3) is 0.125. The van der Waals surface area contributed by atoms with E-state index in [1.807, 2.05) is 0 Å². The Morgan fingerprint density at radius 3 is 2.11 bits per heavy atom. The van der Waals surface area contributed by atoms with E-state index in [4.69, 9.17) is 50.6 Å². The van der Waals surface area contributed by atoms with Crippen molar-refractivity contribution in [3.05, 3.63) is 28.2 Å². The minimum absolute atomic E-state index is 0. The maximum absolute atomic E-state index is 10.2. The van der Waals surface area contributed by atoms with Gasteiger partial charge < -0.3 is 9.84 Å². The number of benzene rings is 1. The quantitative estimate of drug-likeness (QED) is 0.538. The van der Waals surface area contributed by atoms with Crippen molar-refractivity contribution in [3.8, 4) is 5.75 Å². The van der Waals surface area contributed by atoms with Gasteiger partial charge in [0, 0.05) is 22.1 Å². The van der Waals surface area contributed by atoms with Crippen molar-refractivity contribution in [2.24, 2.45) is 0 Å². The van der Waals surface area contributed by atoms with Crippen LogP contribution in [0.2, 0.25) is 10.0 Å². The molecule has 11 heteroatoms. The van der Waals surface area contributed by atoms with Crippen molar-refractivity contribution in [1.29, 1.82) is 0 Å². The fourth-order valence-electron chi connectivity index (χ4n) is 0.732. The molecule has 113 valence electrons. The van der Waals surface area contributed by atoms with E-state index in [-0.39, 0.29) is 17.1 Å². The Morgan fingerprint density at radius 1 is 1.26 bits per heavy atom. The molecule has 0 aliphatic carbocycles. The first-order chi connectivity index (χ1) is 8.09. The van der Waals surface area contributed by atoms with E-state index >= 15 is 0 Å². The Kier molecular flexibility index (Phi) is 10.3. The summed E-state index contributed by atoms with van der Waals surface area (Å²) in [6, 6.07) is 4.58. The zero-order valence-corrected chi connectivity index (χ0v) is 12.1. The van der Waals surface area contributed by atoms with Crippen molar-refractivity contribution in [2.45, 2.75) is 0 Å². The summed E-state index contributed by atoms with van der Waals surface area (Å²) in [6.45, 7) is -0.415. The molecule has 0 bridgehead atoms. The third-order valence-corrected chi connectivity index (χ3v) is 1.78. The third kappa shape index (κ3) is 13.7. The number of rotatable bonds is 3. The van der Waals surface area contributed by atoms with Crippen LogP contribution in [0, 0.1) is 0 Å². The second kappa shape index (κ2) is 9.38. The van der Waals surface area contributed by atoms with Crippen LogP contribution < -0.4 is 4.74 Å². The second-order valence-electron chi connectivity index (χ2n) is 2.70. The SMILES string of the molecule is O=C(O)COc1ccc(Cl)cc1Cl.O=S(=O)(O)O.[Cu]. The molecule has 19 heavy (non-hydrogen) atoms. The smallest absolute Gasteiger partial charge is 0.394 e. The van der Waals surface area contributed by atoms with Crippen LogP contribution in [0.5, 0.6) is 5.75 Å². The van der Waals surface area contributed by atoms with Gasteiger partial charge in [-0.05, 0) is 18.2 Å². The average Bonchev–Trinajstić information content (AvgIpc) is 2.13. The molecule has 0 aliphatic rings. The number of aliphatic carboxylic acids is 1. The normalized spacial score (nSPS) is 9.68. The van der Waals surface area contributed by atoms with Gasteiger partial charge in [0.15, 0.2) is 6.61 Å². The molecule has 0 saturated carbocycles. The van der Waals surface area contributed by atoms with Gasteiger partial charge in [0.25, 0.3) is 0 Å². The van der Waals surface area contributed by atoms with E-state index in [0.717, 1.165) is 0 Å². The van der Waals surface area contributed by atoms with Crippen molar-refractivity contribution < 1.29 is 49.2 Å². The molecular weight excluding hydrogens is 375 g/mol. The summed E-state index contributed by atoms with van der Waals surface area (Å²) in [4.78, 5) is 10.2. The van der Waals surface area contributed by atoms with E-state index in [1.165, 1.54) is 12.1 Å². The molecule has 0 fully saturated rings. The fourth-order valence-corrected chi connectivity index (χ4v) is 1.19. The summed E-state index contributed by atoms with van der Waals surface area (Å²) in [5, 5.41) is 9.11. The maximum Gasteiger partial charge on any atom is 0.394 e. The Labute approximate surface area is 129 Å². The van der Waals surface area contributed by atoms with E-state index in [2.05, 4.69) is 0 Å². The third-order valence-electron chi connectivity index (χ3n) is 1.25. The minimum Gasteiger partial charge on any atom is -0.480 e. The number of carboxylic acids is 1. The standard InChI is InChI=1S/C8H6Cl2O3.Cu.H2O4S/c9-5-1-2-7(6(10)3-5)13-4-8(11)12;;1-5(2,3)4/h1-3H,4H2,(H,11,12);;(H2,1,2,3,4).